The van der Waals surface area contributed by atoms with E-state index in [9.17, 15) is 9.18 Å². The third kappa shape index (κ3) is 3.07. The molecule has 1 atom stereocenters. The fourth-order valence-electron chi connectivity index (χ4n) is 2.27. The molecule has 1 aromatic rings. The van der Waals surface area contributed by atoms with E-state index in [0.717, 1.165) is 31.5 Å². The summed E-state index contributed by atoms with van der Waals surface area (Å²) >= 11 is 0. The number of carbonyl (C=O) groups is 1. The number of hydrogen-bond donors (Lipinski definition) is 1. The molecule has 0 spiro atoms. The van der Waals surface area contributed by atoms with E-state index in [-0.39, 0.29) is 17.8 Å². The quantitative estimate of drug-likeness (QED) is 0.873. The summed E-state index contributed by atoms with van der Waals surface area (Å²) in [5.74, 6) is -0.226. The van der Waals surface area contributed by atoms with Crippen LogP contribution in [0.1, 0.15) is 25.7 Å². The molecule has 1 aliphatic heterocycles. The fourth-order valence-corrected chi connectivity index (χ4v) is 2.27. The molecule has 3 nitrogen and oxygen atoms in total. The number of anilines is 1. The molecule has 1 unspecified atom stereocenters. The summed E-state index contributed by atoms with van der Waals surface area (Å²) in [6.07, 6.45) is 4.27. The number of carbonyl (C=O) groups excluding carboxylic acids is 1. The van der Waals surface area contributed by atoms with Crippen LogP contribution in [0.5, 0.6) is 0 Å². The van der Waals surface area contributed by atoms with Crippen LogP contribution >= 0.6 is 0 Å². The summed E-state index contributed by atoms with van der Waals surface area (Å²) in [5, 5.41) is 3.28. The zero-order valence-electron chi connectivity index (χ0n) is 10.7. The maximum Gasteiger partial charge on any atom is 0.243 e. The molecule has 98 valence electrons. The van der Waals surface area contributed by atoms with E-state index in [1.54, 1.807) is 24.1 Å². The Morgan fingerprint density at radius 2 is 2.00 bits per heavy atom. The van der Waals surface area contributed by atoms with Gasteiger partial charge < -0.3 is 10.2 Å². The summed E-state index contributed by atoms with van der Waals surface area (Å²) in [4.78, 5) is 13.9. The lowest BCUT2D eigenvalue weighted by Crippen LogP contribution is -2.44. The number of benzene rings is 1. The van der Waals surface area contributed by atoms with Gasteiger partial charge in [-0.3, -0.25) is 4.79 Å². The van der Waals surface area contributed by atoms with Crippen molar-refractivity contribution >= 4 is 11.6 Å². The second-order valence-electron chi connectivity index (χ2n) is 4.73. The largest absolute Gasteiger partial charge is 0.314 e. The molecular formula is C14H19FN2O. The van der Waals surface area contributed by atoms with Gasteiger partial charge in [0.1, 0.15) is 5.82 Å². The van der Waals surface area contributed by atoms with Crippen LogP contribution in [0.2, 0.25) is 0 Å². The van der Waals surface area contributed by atoms with Crippen molar-refractivity contribution in [2.45, 2.75) is 31.7 Å². The Labute approximate surface area is 107 Å². The lowest BCUT2D eigenvalue weighted by Gasteiger charge is -2.23. The molecule has 0 bridgehead atoms. The number of nitrogens with zero attached hydrogens (tertiary/aromatic N) is 1. The van der Waals surface area contributed by atoms with Crippen molar-refractivity contribution in [3.05, 3.63) is 30.1 Å². The van der Waals surface area contributed by atoms with Gasteiger partial charge in [0, 0.05) is 12.7 Å². The number of likely N-dealkylation sites (N-methyl/N-ethyl adjacent to an activating group) is 1. The lowest BCUT2D eigenvalue weighted by molar-refractivity contribution is -0.120. The second-order valence-corrected chi connectivity index (χ2v) is 4.73. The Hall–Kier alpha value is -1.42. The Balaban J connectivity index is 2.05. The third-order valence-corrected chi connectivity index (χ3v) is 3.40. The van der Waals surface area contributed by atoms with E-state index >= 15 is 0 Å². The van der Waals surface area contributed by atoms with Gasteiger partial charge in [-0.2, -0.15) is 0 Å². The third-order valence-electron chi connectivity index (χ3n) is 3.40. The summed E-state index contributed by atoms with van der Waals surface area (Å²) in [5.41, 5.74) is 0.729. The van der Waals surface area contributed by atoms with Gasteiger partial charge in [0.15, 0.2) is 0 Å². The van der Waals surface area contributed by atoms with Gasteiger partial charge in [0.25, 0.3) is 0 Å². The molecular weight excluding hydrogens is 231 g/mol. The highest BCUT2D eigenvalue weighted by Crippen LogP contribution is 2.17. The monoisotopic (exact) mass is 250 g/mol. The molecule has 1 amide bonds. The van der Waals surface area contributed by atoms with Gasteiger partial charge in [0.05, 0.1) is 6.04 Å². The van der Waals surface area contributed by atoms with E-state index < -0.39 is 0 Å². The number of hydrogen-bond acceptors (Lipinski definition) is 2. The van der Waals surface area contributed by atoms with Gasteiger partial charge in [0.2, 0.25) is 5.91 Å². The molecule has 1 aromatic carbocycles. The van der Waals surface area contributed by atoms with Crippen LogP contribution in [0.25, 0.3) is 0 Å². The average molecular weight is 250 g/mol. The highest BCUT2D eigenvalue weighted by atomic mass is 19.1. The van der Waals surface area contributed by atoms with E-state index in [1.165, 1.54) is 18.6 Å². The standard InChI is InChI=1S/C14H19FN2O/c1-17(12-8-6-11(15)7-9-12)14(18)13-5-3-2-4-10-16-13/h6-9,13,16H,2-5,10H2,1H3. The fraction of sp³-hybridized carbons (Fsp3) is 0.500. The maximum absolute atomic E-state index is 12.8. The summed E-state index contributed by atoms with van der Waals surface area (Å²) < 4.78 is 12.8. The van der Waals surface area contributed by atoms with Crippen molar-refractivity contribution in [1.29, 1.82) is 0 Å². The highest BCUT2D eigenvalue weighted by molar-refractivity contribution is 5.96. The molecule has 0 aliphatic carbocycles. The van der Waals surface area contributed by atoms with Crippen LogP contribution in [0, 0.1) is 5.82 Å². The number of nitrogens with one attached hydrogen (secondary N) is 1. The van der Waals surface area contributed by atoms with Crippen molar-refractivity contribution in [3.8, 4) is 0 Å². The molecule has 1 aliphatic rings. The number of halogens is 1. The van der Waals surface area contributed by atoms with E-state index in [0.29, 0.717) is 0 Å². The van der Waals surface area contributed by atoms with E-state index in [2.05, 4.69) is 5.32 Å². The van der Waals surface area contributed by atoms with Crippen LogP contribution < -0.4 is 10.2 Å². The first-order valence-electron chi connectivity index (χ1n) is 6.45. The zero-order chi connectivity index (χ0) is 13.0. The maximum atomic E-state index is 12.8. The molecule has 1 saturated heterocycles. The molecule has 4 heteroatoms. The molecule has 2 rings (SSSR count). The van der Waals surface area contributed by atoms with Crippen molar-refractivity contribution in [2.75, 3.05) is 18.5 Å². The predicted molar refractivity (Wildman–Crippen MR) is 70.1 cm³/mol. The predicted octanol–water partition coefficient (Wildman–Crippen LogP) is 2.32. The molecule has 1 fully saturated rings. The topological polar surface area (TPSA) is 32.3 Å². The first-order valence-corrected chi connectivity index (χ1v) is 6.45. The number of rotatable bonds is 2. The van der Waals surface area contributed by atoms with Crippen molar-refractivity contribution in [3.63, 3.8) is 0 Å². The first kappa shape index (κ1) is 13.0. The van der Waals surface area contributed by atoms with Crippen molar-refractivity contribution in [2.24, 2.45) is 0 Å². The summed E-state index contributed by atoms with van der Waals surface area (Å²) in [7, 11) is 1.74. The van der Waals surface area contributed by atoms with Crippen molar-refractivity contribution in [1.82, 2.24) is 5.32 Å². The van der Waals surface area contributed by atoms with Gasteiger partial charge in [-0.25, -0.2) is 4.39 Å². The Bertz CT molecular complexity index is 397. The van der Waals surface area contributed by atoms with Crippen LogP contribution in [0.15, 0.2) is 24.3 Å². The van der Waals surface area contributed by atoms with Gasteiger partial charge in [-0.15, -0.1) is 0 Å². The minimum Gasteiger partial charge on any atom is -0.314 e. The Kier molecular flexibility index (Phi) is 4.31. The van der Waals surface area contributed by atoms with Gasteiger partial charge >= 0.3 is 0 Å². The smallest absolute Gasteiger partial charge is 0.243 e. The zero-order valence-corrected chi connectivity index (χ0v) is 10.7. The highest BCUT2D eigenvalue weighted by Gasteiger charge is 2.23. The molecule has 0 saturated carbocycles. The minimum atomic E-state index is -0.285. The van der Waals surface area contributed by atoms with Crippen LogP contribution in [0.3, 0.4) is 0 Å². The van der Waals surface area contributed by atoms with Crippen molar-refractivity contribution < 1.29 is 9.18 Å². The Morgan fingerprint density at radius 3 is 2.72 bits per heavy atom. The normalized spacial score (nSPS) is 20.2. The summed E-state index contributed by atoms with van der Waals surface area (Å²) in [6, 6.07) is 5.90. The van der Waals surface area contributed by atoms with Gasteiger partial charge in [-0.1, -0.05) is 12.8 Å². The van der Waals surface area contributed by atoms with E-state index in [1.807, 2.05) is 0 Å². The first-order chi connectivity index (χ1) is 8.68. The van der Waals surface area contributed by atoms with Crippen LogP contribution in [-0.2, 0) is 4.79 Å². The molecule has 0 aromatic heterocycles. The Morgan fingerprint density at radius 1 is 1.28 bits per heavy atom. The summed E-state index contributed by atoms with van der Waals surface area (Å²) in [6.45, 7) is 0.896. The number of amides is 1. The minimum absolute atomic E-state index is 0.0588. The lowest BCUT2D eigenvalue weighted by atomic mass is 10.1. The second kappa shape index (κ2) is 5.96. The molecule has 1 heterocycles. The average Bonchev–Trinajstić information content (AvgIpc) is 2.67. The van der Waals surface area contributed by atoms with Crippen LogP contribution in [0.4, 0.5) is 10.1 Å². The van der Waals surface area contributed by atoms with Gasteiger partial charge in [-0.05, 0) is 43.7 Å². The molecule has 18 heavy (non-hydrogen) atoms. The molecule has 1 N–H and O–H groups in total. The van der Waals surface area contributed by atoms with E-state index in [4.69, 9.17) is 0 Å². The van der Waals surface area contributed by atoms with Crippen LogP contribution in [-0.4, -0.2) is 25.5 Å². The SMILES string of the molecule is CN(C(=O)C1CCCCCN1)c1ccc(F)cc1. The molecule has 0 radical (unpaired) electrons.